The molecule has 2 aromatic rings. The first-order chi connectivity index (χ1) is 17.5. The zero-order chi connectivity index (χ0) is 25.4. The third-order valence-corrected chi connectivity index (χ3v) is 7.45. The van der Waals surface area contributed by atoms with E-state index in [1.54, 1.807) is 19.2 Å². The molecule has 36 heavy (non-hydrogen) atoms. The second kappa shape index (κ2) is 12.5. The number of halogens is 2. The average Bonchev–Trinajstić information content (AvgIpc) is 2.91. The molecule has 1 aliphatic carbocycles. The fourth-order valence-electron chi connectivity index (χ4n) is 5.12. The lowest BCUT2D eigenvalue weighted by atomic mass is 9.81. The number of aromatic nitrogens is 2. The lowest BCUT2D eigenvalue weighted by molar-refractivity contribution is 0.0456. The Morgan fingerprint density at radius 2 is 1.92 bits per heavy atom. The van der Waals surface area contributed by atoms with Crippen LogP contribution in [0, 0.1) is 34.4 Å². The van der Waals surface area contributed by atoms with Crippen molar-refractivity contribution in [3.8, 4) is 17.2 Å². The lowest BCUT2D eigenvalue weighted by Gasteiger charge is -2.31. The van der Waals surface area contributed by atoms with Crippen LogP contribution in [0.15, 0.2) is 24.5 Å². The summed E-state index contributed by atoms with van der Waals surface area (Å²) in [5.74, 6) is -0.645. The SMILES string of the molecule is COCCNC1CCC(Cc2cc(-c3cnc(F)c(NCC4(C#N)CCOCC4)c3)c(F)cn2)CC1. The number of hydrogen-bond acceptors (Lipinski definition) is 7. The van der Waals surface area contributed by atoms with Crippen LogP contribution in [0.2, 0.25) is 0 Å². The van der Waals surface area contributed by atoms with E-state index in [9.17, 15) is 14.0 Å². The van der Waals surface area contributed by atoms with Crippen molar-refractivity contribution in [1.82, 2.24) is 15.3 Å². The minimum atomic E-state index is -0.676. The van der Waals surface area contributed by atoms with Crippen LogP contribution in [0.4, 0.5) is 14.5 Å². The van der Waals surface area contributed by atoms with Gasteiger partial charge in [0.2, 0.25) is 5.95 Å². The number of pyridine rings is 2. The highest BCUT2D eigenvalue weighted by Crippen LogP contribution is 2.32. The van der Waals surface area contributed by atoms with E-state index in [1.807, 2.05) is 0 Å². The number of nitrogens with zero attached hydrogens (tertiary/aromatic N) is 3. The molecule has 2 aliphatic rings. The number of anilines is 1. The summed E-state index contributed by atoms with van der Waals surface area (Å²) < 4.78 is 39.7. The summed E-state index contributed by atoms with van der Waals surface area (Å²) in [4.78, 5) is 8.18. The van der Waals surface area contributed by atoms with Crippen LogP contribution in [-0.4, -0.2) is 56.0 Å². The number of rotatable bonds is 10. The Morgan fingerprint density at radius 3 is 2.64 bits per heavy atom. The van der Waals surface area contributed by atoms with E-state index >= 15 is 0 Å². The summed E-state index contributed by atoms with van der Waals surface area (Å²) in [6.07, 6.45) is 8.93. The number of methoxy groups -OCH3 is 1. The van der Waals surface area contributed by atoms with Crippen molar-refractivity contribution < 1.29 is 18.3 Å². The van der Waals surface area contributed by atoms with Crippen LogP contribution >= 0.6 is 0 Å². The van der Waals surface area contributed by atoms with Gasteiger partial charge in [-0.2, -0.15) is 9.65 Å². The molecular formula is C27H35F2N5O2. The first kappa shape index (κ1) is 26.4. The maximum atomic E-state index is 14.8. The van der Waals surface area contributed by atoms with Gasteiger partial charge in [0, 0.05) is 62.5 Å². The molecule has 9 heteroatoms. The van der Waals surface area contributed by atoms with Gasteiger partial charge in [-0.3, -0.25) is 4.98 Å². The van der Waals surface area contributed by atoms with Crippen LogP contribution in [-0.2, 0) is 15.9 Å². The van der Waals surface area contributed by atoms with Gasteiger partial charge in [0.25, 0.3) is 0 Å². The molecule has 1 saturated carbocycles. The fraction of sp³-hybridized carbons (Fsp3) is 0.593. The van der Waals surface area contributed by atoms with E-state index in [1.165, 1.54) is 12.4 Å². The van der Waals surface area contributed by atoms with Gasteiger partial charge >= 0.3 is 0 Å². The van der Waals surface area contributed by atoms with E-state index in [0.29, 0.717) is 55.7 Å². The largest absolute Gasteiger partial charge is 0.383 e. The molecule has 0 amide bonds. The van der Waals surface area contributed by atoms with Gasteiger partial charge in [0.1, 0.15) is 5.82 Å². The van der Waals surface area contributed by atoms with Gasteiger partial charge in [-0.15, -0.1) is 0 Å². The Labute approximate surface area is 211 Å². The normalized spacial score (nSPS) is 21.6. The van der Waals surface area contributed by atoms with Gasteiger partial charge in [0.15, 0.2) is 0 Å². The summed E-state index contributed by atoms with van der Waals surface area (Å²) in [7, 11) is 1.71. The molecule has 0 radical (unpaired) electrons. The third kappa shape index (κ3) is 6.75. The second-order valence-corrected chi connectivity index (χ2v) is 9.94. The van der Waals surface area contributed by atoms with Crippen LogP contribution in [0.3, 0.4) is 0 Å². The summed E-state index contributed by atoms with van der Waals surface area (Å²) in [5, 5.41) is 16.2. The number of hydrogen-bond donors (Lipinski definition) is 2. The van der Waals surface area contributed by atoms with Crippen molar-refractivity contribution >= 4 is 5.69 Å². The van der Waals surface area contributed by atoms with Crippen molar-refractivity contribution in [2.75, 3.05) is 45.3 Å². The van der Waals surface area contributed by atoms with Crippen molar-refractivity contribution in [2.24, 2.45) is 11.3 Å². The van der Waals surface area contributed by atoms with Crippen LogP contribution in [0.25, 0.3) is 11.1 Å². The Morgan fingerprint density at radius 1 is 1.14 bits per heavy atom. The lowest BCUT2D eigenvalue weighted by Crippen LogP contribution is -2.35. The predicted octanol–water partition coefficient (Wildman–Crippen LogP) is 4.49. The number of nitrogens with one attached hydrogen (secondary N) is 2. The van der Waals surface area contributed by atoms with Gasteiger partial charge in [-0.25, -0.2) is 9.37 Å². The zero-order valence-corrected chi connectivity index (χ0v) is 20.9. The quantitative estimate of drug-likeness (QED) is 0.368. The Kier molecular flexibility index (Phi) is 9.19. The molecule has 0 atom stereocenters. The predicted molar refractivity (Wildman–Crippen MR) is 133 cm³/mol. The smallest absolute Gasteiger partial charge is 0.236 e. The Hall–Kier alpha value is -2.67. The van der Waals surface area contributed by atoms with E-state index in [0.717, 1.165) is 44.3 Å². The first-order valence-electron chi connectivity index (χ1n) is 12.8. The average molecular weight is 500 g/mol. The molecular weight excluding hydrogens is 464 g/mol. The number of nitriles is 1. The topological polar surface area (TPSA) is 92.1 Å². The van der Waals surface area contributed by atoms with E-state index < -0.39 is 17.2 Å². The highest BCUT2D eigenvalue weighted by molar-refractivity contribution is 5.67. The molecule has 0 bridgehead atoms. The molecule has 1 aliphatic heterocycles. The summed E-state index contributed by atoms with van der Waals surface area (Å²) in [6, 6.07) is 6.20. The Balaban J connectivity index is 1.41. The molecule has 1 saturated heterocycles. The van der Waals surface area contributed by atoms with Gasteiger partial charge in [0.05, 0.1) is 30.0 Å². The fourth-order valence-corrected chi connectivity index (χ4v) is 5.12. The first-order valence-corrected chi connectivity index (χ1v) is 12.8. The monoisotopic (exact) mass is 499 g/mol. The molecule has 2 fully saturated rings. The molecule has 0 unspecified atom stereocenters. The molecule has 0 aromatic carbocycles. The van der Waals surface area contributed by atoms with Crippen molar-refractivity contribution in [1.29, 1.82) is 5.26 Å². The standard InChI is InChI=1S/C27H35F2N5O2/c1-35-11-8-31-21-4-2-19(3-5-21)12-22-14-23(24(28)16-32-22)20-13-25(26(29)33-15-20)34-18-27(17-30)6-9-36-10-7-27/h13-16,19,21,31,34H,2-12,18H2,1H3. The molecule has 194 valence electrons. The van der Waals surface area contributed by atoms with Crippen molar-refractivity contribution in [3.05, 3.63) is 42.0 Å². The zero-order valence-electron chi connectivity index (χ0n) is 20.9. The van der Waals surface area contributed by atoms with Crippen molar-refractivity contribution in [3.63, 3.8) is 0 Å². The molecule has 7 nitrogen and oxygen atoms in total. The molecule has 0 spiro atoms. The van der Waals surface area contributed by atoms with Gasteiger partial charge in [-0.05, 0) is 63.0 Å². The molecule has 3 heterocycles. The minimum absolute atomic E-state index is 0.158. The summed E-state index contributed by atoms with van der Waals surface area (Å²) >= 11 is 0. The van der Waals surface area contributed by atoms with E-state index in [-0.39, 0.29) is 12.2 Å². The van der Waals surface area contributed by atoms with Gasteiger partial charge < -0.3 is 20.1 Å². The van der Waals surface area contributed by atoms with Crippen molar-refractivity contribution in [2.45, 2.75) is 51.0 Å². The Bertz CT molecular complexity index is 1050. The summed E-state index contributed by atoms with van der Waals surface area (Å²) in [6.45, 7) is 2.87. The van der Waals surface area contributed by atoms with Gasteiger partial charge in [-0.1, -0.05) is 0 Å². The van der Waals surface area contributed by atoms with Crippen LogP contribution < -0.4 is 10.6 Å². The maximum Gasteiger partial charge on any atom is 0.236 e. The third-order valence-electron chi connectivity index (χ3n) is 7.45. The van der Waals surface area contributed by atoms with E-state index in [4.69, 9.17) is 9.47 Å². The van der Waals surface area contributed by atoms with Crippen LogP contribution in [0.1, 0.15) is 44.2 Å². The second-order valence-electron chi connectivity index (χ2n) is 9.94. The summed E-state index contributed by atoms with van der Waals surface area (Å²) in [5.41, 5.74) is 1.20. The van der Waals surface area contributed by atoms with Crippen LogP contribution in [0.5, 0.6) is 0 Å². The molecule has 2 N–H and O–H groups in total. The highest BCUT2D eigenvalue weighted by atomic mass is 19.1. The minimum Gasteiger partial charge on any atom is -0.383 e. The highest BCUT2D eigenvalue weighted by Gasteiger charge is 2.33. The molecule has 2 aromatic heterocycles. The molecule has 4 rings (SSSR count). The number of ether oxygens (including phenoxy) is 2. The maximum absolute atomic E-state index is 14.8. The van der Waals surface area contributed by atoms with E-state index in [2.05, 4.69) is 26.7 Å².